The maximum atomic E-state index is 6.01. The Morgan fingerprint density at radius 1 is 0.762 bits per heavy atom. The molecule has 0 atom stereocenters. The summed E-state index contributed by atoms with van der Waals surface area (Å²) in [4.78, 5) is 4.12. The van der Waals surface area contributed by atoms with Gasteiger partial charge in [-0.15, -0.1) is 0 Å². The standard InChI is InChI=1S/C17H13N3O/c18-15-9-8-13(17(19)20-15)12-6-3-5-11-10-4-1-2-7-14(10)21-16(11)12/h1-9H,(H4,18,19,20). The van der Waals surface area contributed by atoms with Gasteiger partial charge in [0, 0.05) is 21.9 Å². The van der Waals surface area contributed by atoms with Crippen molar-refractivity contribution in [3.8, 4) is 11.1 Å². The highest BCUT2D eigenvalue weighted by Gasteiger charge is 2.13. The van der Waals surface area contributed by atoms with Crippen molar-refractivity contribution in [2.24, 2.45) is 0 Å². The van der Waals surface area contributed by atoms with Gasteiger partial charge in [-0.2, -0.15) is 0 Å². The van der Waals surface area contributed by atoms with E-state index in [0.29, 0.717) is 11.6 Å². The van der Waals surface area contributed by atoms with Gasteiger partial charge < -0.3 is 15.9 Å². The van der Waals surface area contributed by atoms with Crippen LogP contribution in [0.5, 0.6) is 0 Å². The third-order valence-corrected chi connectivity index (χ3v) is 3.64. The number of para-hydroxylation sites is 2. The molecule has 0 unspecified atom stereocenters. The summed E-state index contributed by atoms with van der Waals surface area (Å²) in [7, 11) is 0. The number of rotatable bonds is 1. The lowest BCUT2D eigenvalue weighted by Crippen LogP contribution is -1.98. The molecule has 0 fully saturated rings. The second-order valence-corrected chi connectivity index (χ2v) is 4.95. The van der Waals surface area contributed by atoms with Crippen LogP contribution in [0.4, 0.5) is 11.6 Å². The maximum Gasteiger partial charge on any atom is 0.143 e. The molecule has 2 aromatic heterocycles. The third kappa shape index (κ3) is 1.73. The highest BCUT2D eigenvalue weighted by Crippen LogP contribution is 2.37. The van der Waals surface area contributed by atoms with Gasteiger partial charge in [0.15, 0.2) is 0 Å². The Morgan fingerprint density at radius 3 is 2.43 bits per heavy atom. The van der Waals surface area contributed by atoms with Crippen LogP contribution in [0.2, 0.25) is 0 Å². The van der Waals surface area contributed by atoms with E-state index in [9.17, 15) is 0 Å². The van der Waals surface area contributed by atoms with E-state index in [1.807, 2.05) is 42.5 Å². The van der Waals surface area contributed by atoms with Gasteiger partial charge in [0.2, 0.25) is 0 Å². The molecule has 0 aliphatic rings. The Morgan fingerprint density at radius 2 is 1.57 bits per heavy atom. The predicted octanol–water partition coefficient (Wildman–Crippen LogP) is 3.81. The molecule has 0 radical (unpaired) electrons. The fraction of sp³-hybridized carbons (Fsp3) is 0. The number of nitrogens with two attached hydrogens (primary N) is 2. The highest BCUT2D eigenvalue weighted by molar-refractivity contribution is 6.10. The number of benzene rings is 2. The first-order chi connectivity index (χ1) is 10.2. The lowest BCUT2D eigenvalue weighted by atomic mass is 10.0. The first-order valence-corrected chi connectivity index (χ1v) is 6.66. The summed E-state index contributed by atoms with van der Waals surface area (Å²) in [5.41, 5.74) is 15.1. The molecule has 0 bridgehead atoms. The van der Waals surface area contributed by atoms with Crippen molar-refractivity contribution in [2.75, 3.05) is 11.5 Å². The second-order valence-electron chi connectivity index (χ2n) is 4.95. The molecule has 4 nitrogen and oxygen atoms in total. The van der Waals surface area contributed by atoms with E-state index < -0.39 is 0 Å². The number of aromatic nitrogens is 1. The van der Waals surface area contributed by atoms with Crippen LogP contribution in [0, 0.1) is 0 Å². The zero-order valence-electron chi connectivity index (χ0n) is 11.2. The summed E-state index contributed by atoms with van der Waals surface area (Å²) in [6.07, 6.45) is 0. The second kappa shape index (κ2) is 4.24. The average molecular weight is 275 g/mol. The summed E-state index contributed by atoms with van der Waals surface area (Å²) < 4.78 is 6.01. The molecule has 4 N–H and O–H groups in total. The van der Waals surface area contributed by atoms with Crippen molar-refractivity contribution < 1.29 is 4.42 Å². The van der Waals surface area contributed by atoms with Crippen molar-refractivity contribution in [1.29, 1.82) is 0 Å². The fourth-order valence-electron chi connectivity index (χ4n) is 2.68. The molecule has 4 aromatic rings. The molecule has 21 heavy (non-hydrogen) atoms. The molecular formula is C17H13N3O. The average Bonchev–Trinajstić information content (AvgIpc) is 2.86. The fourth-order valence-corrected chi connectivity index (χ4v) is 2.68. The van der Waals surface area contributed by atoms with E-state index in [1.165, 1.54) is 0 Å². The van der Waals surface area contributed by atoms with Gasteiger partial charge in [0.05, 0.1) is 0 Å². The molecule has 0 aliphatic heterocycles. The van der Waals surface area contributed by atoms with E-state index in [-0.39, 0.29) is 0 Å². The molecule has 0 saturated carbocycles. The van der Waals surface area contributed by atoms with Crippen molar-refractivity contribution in [2.45, 2.75) is 0 Å². The zero-order chi connectivity index (χ0) is 14.4. The van der Waals surface area contributed by atoms with Crippen LogP contribution in [-0.4, -0.2) is 4.98 Å². The smallest absolute Gasteiger partial charge is 0.143 e. The lowest BCUT2D eigenvalue weighted by Gasteiger charge is -2.06. The Balaban J connectivity index is 2.09. The number of nitrogen functional groups attached to an aromatic ring is 2. The molecule has 0 spiro atoms. The first-order valence-electron chi connectivity index (χ1n) is 6.66. The third-order valence-electron chi connectivity index (χ3n) is 3.64. The lowest BCUT2D eigenvalue weighted by molar-refractivity contribution is 0.670. The van der Waals surface area contributed by atoms with Gasteiger partial charge in [0.1, 0.15) is 22.8 Å². The predicted molar refractivity (Wildman–Crippen MR) is 85.8 cm³/mol. The number of nitrogens with zero attached hydrogens (tertiary/aromatic N) is 1. The van der Waals surface area contributed by atoms with E-state index >= 15 is 0 Å². The van der Waals surface area contributed by atoms with Gasteiger partial charge in [-0.3, -0.25) is 0 Å². The maximum absolute atomic E-state index is 6.01. The minimum absolute atomic E-state index is 0.406. The van der Waals surface area contributed by atoms with Gasteiger partial charge in [0.25, 0.3) is 0 Å². The van der Waals surface area contributed by atoms with Crippen LogP contribution in [0.15, 0.2) is 59.0 Å². The molecule has 2 aromatic carbocycles. The molecule has 4 heteroatoms. The van der Waals surface area contributed by atoms with Crippen molar-refractivity contribution in [3.63, 3.8) is 0 Å². The van der Waals surface area contributed by atoms with Crippen LogP contribution >= 0.6 is 0 Å². The van der Waals surface area contributed by atoms with E-state index in [1.54, 1.807) is 6.07 Å². The van der Waals surface area contributed by atoms with Gasteiger partial charge >= 0.3 is 0 Å². The number of hydrogen-bond donors (Lipinski definition) is 2. The Hall–Kier alpha value is -3.01. The Labute approximate surface area is 121 Å². The van der Waals surface area contributed by atoms with Crippen LogP contribution in [-0.2, 0) is 0 Å². The monoisotopic (exact) mass is 275 g/mol. The molecular weight excluding hydrogens is 262 g/mol. The normalized spacial score (nSPS) is 11.2. The molecule has 0 saturated heterocycles. The summed E-state index contributed by atoms with van der Waals surface area (Å²) in [5, 5.41) is 2.16. The van der Waals surface area contributed by atoms with Gasteiger partial charge in [-0.1, -0.05) is 36.4 Å². The minimum atomic E-state index is 0.406. The van der Waals surface area contributed by atoms with Crippen molar-refractivity contribution >= 4 is 33.6 Å². The summed E-state index contributed by atoms with van der Waals surface area (Å²) >= 11 is 0. The summed E-state index contributed by atoms with van der Waals surface area (Å²) in [6.45, 7) is 0. The van der Waals surface area contributed by atoms with Crippen LogP contribution in [0.25, 0.3) is 33.1 Å². The number of hydrogen-bond acceptors (Lipinski definition) is 4. The van der Waals surface area contributed by atoms with E-state index in [4.69, 9.17) is 15.9 Å². The van der Waals surface area contributed by atoms with E-state index in [2.05, 4.69) is 11.1 Å². The zero-order valence-corrected chi connectivity index (χ0v) is 11.2. The molecule has 102 valence electrons. The summed E-state index contributed by atoms with van der Waals surface area (Å²) in [5.74, 6) is 0.816. The van der Waals surface area contributed by atoms with Gasteiger partial charge in [-0.05, 0) is 18.2 Å². The topological polar surface area (TPSA) is 78.1 Å². The molecule has 4 rings (SSSR count). The number of fused-ring (bicyclic) bond motifs is 3. The SMILES string of the molecule is Nc1ccc(-c2cccc3c2oc2ccccc23)c(N)n1. The Bertz CT molecular complexity index is 972. The van der Waals surface area contributed by atoms with E-state index in [0.717, 1.165) is 33.1 Å². The number of anilines is 2. The minimum Gasteiger partial charge on any atom is -0.455 e. The van der Waals surface area contributed by atoms with Crippen molar-refractivity contribution in [1.82, 2.24) is 4.98 Å². The van der Waals surface area contributed by atoms with Crippen LogP contribution < -0.4 is 11.5 Å². The largest absolute Gasteiger partial charge is 0.455 e. The molecule has 0 aliphatic carbocycles. The summed E-state index contributed by atoms with van der Waals surface area (Å²) in [6, 6.07) is 17.6. The van der Waals surface area contributed by atoms with Crippen LogP contribution in [0.1, 0.15) is 0 Å². The number of pyridine rings is 1. The van der Waals surface area contributed by atoms with Gasteiger partial charge in [-0.25, -0.2) is 4.98 Å². The quantitative estimate of drug-likeness (QED) is 0.553. The van der Waals surface area contributed by atoms with Crippen LogP contribution in [0.3, 0.4) is 0 Å². The van der Waals surface area contributed by atoms with Crippen molar-refractivity contribution in [3.05, 3.63) is 54.6 Å². The number of furan rings is 1. The Kier molecular flexibility index (Phi) is 2.38. The molecule has 2 heterocycles. The highest BCUT2D eigenvalue weighted by atomic mass is 16.3. The first kappa shape index (κ1) is 11.8. The molecule has 0 amide bonds.